The fourth-order valence-electron chi connectivity index (χ4n) is 2.51. The molecule has 0 saturated carbocycles. The highest BCUT2D eigenvalue weighted by Gasteiger charge is 2.14. The van der Waals surface area contributed by atoms with E-state index < -0.39 is 6.10 Å². The number of rotatable bonds is 7. The third-order valence-electron chi connectivity index (χ3n) is 3.89. The van der Waals surface area contributed by atoms with E-state index in [0.717, 1.165) is 11.1 Å². The van der Waals surface area contributed by atoms with E-state index >= 15 is 0 Å². The molecular weight excluding hydrogens is 350 g/mol. The number of amides is 1. The number of nitrogens with one attached hydrogen (secondary N) is 1. The molecule has 0 spiro atoms. The SMILES string of the molecule is C[C@@H](Oc1ccc(Cl)cc1)C(=O)NCCOc1ccc2ccccc2c1. The van der Waals surface area contributed by atoms with Crippen molar-refractivity contribution in [2.75, 3.05) is 13.2 Å². The highest BCUT2D eigenvalue weighted by atomic mass is 35.5. The fraction of sp³-hybridized carbons (Fsp3) is 0.190. The highest BCUT2D eigenvalue weighted by molar-refractivity contribution is 6.30. The zero-order valence-electron chi connectivity index (χ0n) is 14.4. The normalized spacial score (nSPS) is 11.8. The fourth-order valence-corrected chi connectivity index (χ4v) is 2.64. The van der Waals surface area contributed by atoms with Gasteiger partial charge in [0, 0.05) is 5.02 Å². The molecule has 4 nitrogen and oxygen atoms in total. The average Bonchev–Trinajstić information content (AvgIpc) is 2.66. The minimum absolute atomic E-state index is 0.193. The van der Waals surface area contributed by atoms with Gasteiger partial charge in [-0.05, 0) is 54.1 Å². The number of carbonyl (C=O) groups is 1. The molecule has 26 heavy (non-hydrogen) atoms. The first-order valence-corrected chi connectivity index (χ1v) is 8.81. The highest BCUT2D eigenvalue weighted by Crippen LogP contribution is 2.20. The van der Waals surface area contributed by atoms with Crippen molar-refractivity contribution in [2.45, 2.75) is 13.0 Å². The van der Waals surface area contributed by atoms with E-state index in [1.54, 1.807) is 31.2 Å². The van der Waals surface area contributed by atoms with E-state index in [2.05, 4.69) is 11.4 Å². The van der Waals surface area contributed by atoms with Crippen LogP contribution in [-0.4, -0.2) is 25.2 Å². The molecule has 0 fully saturated rings. The monoisotopic (exact) mass is 369 g/mol. The number of halogens is 1. The summed E-state index contributed by atoms with van der Waals surface area (Å²) in [4.78, 5) is 12.1. The number of hydrogen-bond donors (Lipinski definition) is 1. The van der Waals surface area contributed by atoms with Crippen molar-refractivity contribution in [2.24, 2.45) is 0 Å². The predicted octanol–water partition coefficient (Wildman–Crippen LogP) is 4.46. The van der Waals surface area contributed by atoms with Gasteiger partial charge in [0.1, 0.15) is 18.1 Å². The van der Waals surface area contributed by atoms with Gasteiger partial charge in [-0.2, -0.15) is 0 Å². The Morgan fingerprint density at radius 2 is 1.69 bits per heavy atom. The molecule has 0 aliphatic carbocycles. The minimum atomic E-state index is -0.600. The summed E-state index contributed by atoms with van der Waals surface area (Å²) < 4.78 is 11.3. The number of fused-ring (bicyclic) bond motifs is 1. The number of carbonyl (C=O) groups excluding carboxylic acids is 1. The summed E-state index contributed by atoms with van der Waals surface area (Å²) in [5.74, 6) is 1.19. The number of hydrogen-bond acceptors (Lipinski definition) is 3. The molecule has 0 radical (unpaired) electrons. The Bertz CT molecular complexity index is 880. The van der Waals surface area contributed by atoms with Crippen LogP contribution in [0.3, 0.4) is 0 Å². The van der Waals surface area contributed by atoms with Gasteiger partial charge in [-0.1, -0.05) is 41.9 Å². The lowest BCUT2D eigenvalue weighted by Crippen LogP contribution is -2.38. The summed E-state index contributed by atoms with van der Waals surface area (Å²) in [6.07, 6.45) is -0.600. The maximum atomic E-state index is 12.1. The largest absolute Gasteiger partial charge is 0.492 e. The molecule has 0 unspecified atom stereocenters. The molecule has 5 heteroatoms. The lowest BCUT2D eigenvalue weighted by molar-refractivity contribution is -0.127. The molecule has 1 amide bonds. The van der Waals surface area contributed by atoms with Gasteiger partial charge < -0.3 is 14.8 Å². The Kier molecular flexibility index (Phi) is 5.97. The van der Waals surface area contributed by atoms with Gasteiger partial charge in [0.05, 0.1) is 6.54 Å². The predicted molar refractivity (Wildman–Crippen MR) is 104 cm³/mol. The summed E-state index contributed by atoms with van der Waals surface area (Å²) >= 11 is 5.83. The molecule has 0 aliphatic heterocycles. The van der Waals surface area contributed by atoms with Crippen LogP contribution in [0.25, 0.3) is 10.8 Å². The van der Waals surface area contributed by atoms with E-state index in [9.17, 15) is 4.79 Å². The van der Waals surface area contributed by atoms with Crippen molar-refractivity contribution in [1.82, 2.24) is 5.32 Å². The van der Waals surface area contributed by atoms with Crippen LogP contribution in [0.1, 0.15) is 6.92 Å². The second-order valence-corrected chi connectivity index (χ2v) is 6.30. The lowest BCUT2D eigenvalue weighted by atomic mass is 10.1. The van der Waals surface area contributed by atoms with Crippen LogP contribution >= 0.6 is 11.6 Å². The Hall–Kier alpha value is -2.72. The standard InChI is InChI=1S/C21H20ClNO3/c1-15(26-19-10-7-18(22)8-11-19)21(24)23-12-13-25-20-9-6-16-4-2-3-5-17(16)14-20/h2-11,14-15H,12-13H2,1H3,(H,23,24)/t15-/m1/s1. The molecule has 0 heterocycles. The van der Waals surface area contributed by atoms with E-state index in [-0.39, 0.29) is 5.91 Å². The molecule has 134 valence electrons. The Morgan fingerprint density at radius 3 is 2.46 bits per heavy atom. The molecule has 0 aliphatic rings. The third kappa shape index (κ3) is 4.90. The molecule has 0 bridgehead atoms. The molecule has 0 aromatic heterocycles. The smallest absolute Gasteiger partial charge is 0.260 e. The molecule has 1 N–H and O–H groups in total. The van der Waals surface area contributed by atoms with Gasteiger partial charge in [-0.3, -0.25) is 4.79 Å². The van der Waals surface area contributed by atoms with Gasteiger partial charge in [-0.25, -0.2) is 0 Å². The molecule has 3 aromatic carbocycles. The van der Waals surface area contributed by atoms with Gasteiger partial charge in [0.25, 0.3) is 5.91 Å². The molecule has 1 atom stereocenters. The van der Waals surface area contributed by atoms with E-state index in [0.29, 0.717) is 23.9 Å². The second-order valence-electron chi connectivity index (χ2n) is 5.86. The van der Waals surface area contributed by atoms with Crippen LogP contribution in [0.4, 0.5) is 0 Å². The summed E-state index contributed by atoms with van der Waals surface area (Å²) in [6.45, 7) is 2.49. The number of benzene rings is 3. The van der Waals surface area contributed by atoms with Gasteiger partial charge in [0.2, 0.25) is 0 Å². The topological polar surface area (TPSA) is 47.6 Å². The van der Waals surface area contributed by atoms with E-state index in [4.69, 9.17) is 21.1 Å². The molecule has 0 saturated heterocycles. The molecular formula is C21H20ClNO3. The minimum Gasteiger partial charge on any atom is -0.492 e. The molecule has 3 aromatic rings. The summed E-state index contributed by atoms with van der Waals surface area (Å²) in [5.41, 5.74) is 0. The maximum Gasteiger partial charge on any atom is 0.260 e. The van der Waals surface area contributed by atoms with Gasteiger partial charge in [-0.15, -0.1) is 0 Å². The quantitative estimate of drug-likeness (QED) is 0.626. The first-order valence-electron chi connectivity index (χ1n) is 8.43. The zero-order chi connectivity index (χ0) is 18.4. The van der Waals surface area contributed by atoms with Crippen molar-refractivity contribution in [3.8, 4) is 11.5 Å². The van der Waals surface area contributed by atoms with Crippen molar-refractivity contribution < 1.29 is 14.3 Å². The van der Waals surface area contributed by atoms with Gasteiger partial charge >= 0.3 is 0 Å². The lowest BCUT2D eigenvalue weighted by Gasteiger charge is -2.15. The van der Waals surface area contributed by atoms with Crippen LogP contribution in [0.5, 0.6) is 11.5 Å². The summed E-state index contributed by atoms with van der Waals surface area (Å²) in [7, 11) is 0. The second kappa shape index (κ2) is 8.59. The third-order valence-corrected chi connectivity index (χ3v) is 4.14. The Balaban J connectivity index is 1.43. The van der Waals surface area contributed by atoms with E-state index in [1.165, 1.54) is 5.39 Å². The zero-order valence-corrected chi connectivity index (χ0v) is 15.2. The van der Waals surface area contributed by atoms with Crippen LogP contribution in [-0.2, 0) is 4.79 Å². The average molecular weight is 370 g/mol. The maximum absolute atomic E-state index is 12.1. The summed E-state index contributed by atoms with van der Waals surface area (Å²) in [5, 5.41) is 5.72. The Morgan fingerprint density at radius 1 is 1.00 bits per heavy atom. The van der Waals surface area contributed by atoms with Crippen LogP contribution in [0.2, 0.25) is 5.02 Å². The Labute approximate surface area is 157 Å². The van der Waals surface area contributed by atoms with Crippen molar-refractivity contribution in [3.05, 3.63) is 71.8 Å². The van der Waals surface area contributed by atoms with Crippen LogP contribution in [0, 0.1) is 0 Å². The van der Waals surface area contributed by atoms with Crippen LogP contribution < -0.4 is 14.8 Å². The van der Waals surface area contributed by atoms with Crippen molar-refractivity contribution in [1.29, 1.82) is 0 Å². The van der Waals surface area contributed by atoms with Gasteiger partial charge in [0.15, 0.2) is 6.10 Å². The first kappa shape index (κ1) is 18.1. The van der Waals surface area contributed by atoms with Crippen molar-refractivity contribution >= 4 is 28.3 Å². The van der Waals surface area contributed by atoms with Crippen LogP contribution in [0.15, 0.2) is 66.7 Å². The molecule has 3 rings (SSSR count). The first-order chi connectivity index (χ1) is 12.6. The number of ether oxygens (including phenoxy) is 2. The summed E-state index contributed by atoms with van der Waals surface area (Å²) in [6, 6.07) is 20.9. The van der Waals surface area contributed by atoms with Crippen molar-refractivity contribution in [3.63, 3.8) is 0 Å². The van der Waals surface area contributed by atoms with E-state index in [1.807, 2.05) is 36.4 Å².